The molecular weight excluding hydrogens is 242 g/mol. The molecule has 1 aliphatic rings. The van der Waals surface area contributed by atoms with Crippen molar-refractivity contribution in [3.05, 3.63) is 10.6 Å². The molecular formula is C14H25N3S. The van der Waals surface area contributed by atoms with Crippen LogP contribution in [0.1, 0.15) is 44.2 Å². The van der Waals surface area contributed by atoms with Crippen molar-refractivity contribution >= 4 is 16.5 Å². The number of aromatic nitrogens is 1. The van der Waals surface area contributed by atoms with Crippen molar-refractivity contribution in [2.24, 2.45) is 5.41 Å². The topological polar surface area (TPSA) is 28.2 Å². The normalized spacial score (nSPS) is 16.1. The van der Waals surface area contributed by atoms with Gasteiger partial charge in [-0.2, -0.15) is 0 Å². The average Bonchev–Trinajstić information content (AvgIpc) is 2.97. The minimum Gasteiger partial charge on any atom is -0.351 e. The molecule has 0 radical (unpaired) electrons. The molecule has 0 amide bonds. The summed E-state index contributed by atoms with van der Waals surface area (Å²) in [4.78, 5) is 8.36. The van der Waals surface area contributed by atoms with E-state index < -0.39 is 0 Å². The Morgan fingerprint density at radius 2 is 2.06 bits per heavy atom. The predicted molar refractivity (Wildman–Crippen MR) is 79.4 cm³/mol. The molecule has 1 fully saturated rings. The van der Waals surface area contributed by atoms with Crippen LogP contribution in [0.4, 0.5) is 5.13 Å². The smallest absolute Gasteiger partial charge is 0.185 e. The minimum atomic E-state index is 0.306. The molecule has 2 rings (SSSR count). The standard InChI is InChI=1S/C14H25N3S/c1-10-12(8-15-11-6-7-11)18-13(16-10)17(5)9-14(2,3)4/h11,15H,6-9H2,1-5H3. The van der Waals surface area contributed by atoms with Gasteiger partial charge in [-0.3, -0.25) is 0 Å². The van der Waals surface area contributed by atoms with Crippen LogP contribution < -0.4 is 10.2 Å². The first-order valence-corrected chi connectivity index (χ1v) is 7.57. The van der Waals surface area contributed by atoms with Gasteiger partial charge in [0.25, 0.3) is 0 Å². The highest BCUT2D eigenvalue weighted by molar-refractivity contribution is 7.15. The maximum atomic E-state index is 4.70. The van der Waals surface area contributed by atoms with Crippen molar-refractivity contribution in [2.45, 2.75) is 53.1 Å². The van der Waals surface area contributed by atoms with E-state index >= 15 is 0 Å². The van der Waals surface area contributed by atoms with E-state index in [1.54, 1.807) is 0 Å². The molecule has 18 heavy (non-hydrogen) atoms. The number of hydrogen-bond acceptors (Lipinski definition) is 4. The summed E-state index contributed by atoms with van der Waals surface area (Å²) >= 11 is 1.83. The van der Waals surface area contributed by atoms with E-state index in [-0.39, 0.29) is 0 Å². The highest BCUT2D eigenvalue weighted by atomic mass is 32.1. The van der Waals surface area contributed by atoms with Gasteiger partial charge in [-0.25, -0.2) is 4.98 Å². The molecule has 1 N–H and O–H groups in total. The molecule has 0 spiro atoms. The van der Waals surface area contributed by atoms with Gasteiger partial charge < -0.3 is 10.2 Å². The molecule has 0 atom stereocenters. The Hall–Kier alpha value is -0.610. The monoisotopic (exact) mass is 267 g/mol. The van der Waals surface area contributed by atoms with Crippen molar-refractivity contribution in [1.82, 2.24) is 10.3 Å². The van der Waals surface area contributed by atoms with Crippen molar-refractivity contribution < 1.29 is 0 Å². The van der Waals surface area contributed by atoms with Crippen LogP contribution in [-0.2, 0) is 6.54 Å². The van der Waals surface area contributed by atoms with Gasteiger partial charge in [0.05, 0.1) is 5.69 Å². The highest BCUT2D eigenvalue weighted by Gasteiger charge is 2.22. The van der Waals surface area contributed by atoms with Gasteiger partial charge in [-0.05, 0) is 25.2 Å². The lowest BCUT2D eigenvalue weighted by molar-refractivity contribution is 0.418. The number of nitrogens with one attached hydrogen (secondary N) is 1. The summed E-state index contributed by atoms with van der Waals surface area (Å²) in [7, 11) is 2.14. The van der Waals surface area contributed by atoms with Crippen LogP contribution in [0.3, 0.4) is 0 Å². The molecule has 0 aliphatic heterocycles. The van der Waals surface area contributed by atoms with Gasteiger partial charge in [0.1, 0.15) is 0 Å². The highest BCUT2D eigenvalue weighted by Crippen LogP contribution is 2.28. The number of nitrogens with zero attached hydrogens (tertiary/aromatic N) is 2. The maximum Gasteiger partial charge on any atom is 0.185 e. The van der Waals surface area contributed by atoms with Crippen LogP contribution >= 0.6 is 11.3 Å². The maximum absolute atomic E-state index is 4.70. The Kier molecular flexibility index (Phi) is 3.97. The van der Waals surface area contributed by atoms with Crippen molar-refractivity contribution in [1.29, 1.82) is 0 Å². The van der Waals surface area contributed by atoms with Gasteiger partial charge in [0, 0.05) is 31.1 Å². The summed E-state index contributed by atoms with van der Waals surface area (Å²) in [5, 5.41) is 4.71. The number of rotatable bonds is 5. The van der Waals surface area contributed by atoms with Crippen molar-refractivity contribution in [3.8, 4) is 0 Å². The third-order valence-corrected chi connectivity index (χ3v) is 4.32. The van der Waals surface area contributed by atoms with Gasteiger partial charge >= 0.3 is 0 Å². The zero-order chi connectivity index (χ0) is 13.3. The lowest BCUT2D eigenvalue weighted by Crippen LogP contribution is -2.28. The van der Waals surface area contributed by atoms with Crippen LogP contribution in [-0.4, -0.2) is 24.6 Å². The van der Waals surface area contributed by atoms with E-state index in [0.717, 1.165) is 24.3 Å². The Morgan fingerprint density at radius 3 is 2.61 bits per heavy atom. The Labute approximate surface area is 115 Å². The largest absolute Gasteiger partial charge is 0.351 e. The molecule has 4 heteroatoms. The van der Waals surface area contributed by atoms with E-state index in [1.807, 2.05) is 11.3 Å². The zero-order valence-electron chi connectivity index (χ0n) is 12.2. The average molecular weight is 267 g/mol. The number of anilines is 1. The van der Waals surface area contributed by atoms with Crippen LogP contribution in [0, 0.1) is 12.3 Å². The second-order valence-corrected chi connectivity index (χ2v) is 7.64. The Morgan fingerprint density at radius 1 is 1.39 bits per heavy atom. The fourth-order valence-corrected chi connectivity index (χ4v) is 3.02. The third-order valence-electron chi connectivity index (χ3n) is 3.05. The first-order valence-electron chi connectivity index (χ1n) is 6.76. The van der Waals surface area contributed by atoms with Crippen LogP contribution in [0.2, 0.25) is 0 Å². The van der Waals surface area contributed by atoms with E-state index in [9.17, 15) is 0 Å². The molecule has 0 unspecified atom stereocenters. The molecule has 3 nitrogen and oxygen atoms in total. The Bertz CT molecular complexity index is 402. The summed E-state index contributed by atoms with van der Waals surface area (Å²) < 4.78 is 0. The third kappa shape index (κ3) is 3.95. The van der Waals surface area contributed by atoms with Crippen LogP contribution in [0.25, 0.3) is 0 Å². The molecule has 0 bridgehead atoms. The Balaban J connectivity index is 1.97. The molecule has 0 saturated heterocycles. The molecule has 1 saturated carbocycles. The van der Waals surface area contributed by atoms with Gasteiger partial charge in [0.2, 0.25) is 0 Å². The van der Waals surface area contributed by atoms with Gasteiger partial charge in [-0.1, -0.05) is 20.8 Å². The number of thiazole rings is 1. The summed E-state index contributed by atoms with van der Waals surface area (Å²) in [6, 6.07) is 0.766. The summed E-state index contributed by atoms with van der Waals surface area (Å²) in [5.41, 5.74) is 1.49. The zero-order valence-corrected chi connectivity index (χ0v) is 13.0. The molecule has 102 valence electrons. The van der Waals surface area contributed by atoms with Crippen LogP contribution in [0.15, 0.2) is 0 Å². The van der Waals surface area contributed by atoms with Crippen molar-refractivity contribution in [3.63, 3.8) is 0 Å². The van der Waals surface area contributed by atoms with E-state index in [1.165, 1.54) is 23.4 Å². The molecule has 0 aromatic carbocycles. The van der Waals surface area contributed by atoms with Crippen molar-refractivity contribution in [2.75, 3.05) is 18.5 Å². The first kappa shape index (κ1) is 13.8. The molecule has 1 aromatic heterocycles. The fraction of sp³-hybridized carbons (Fsp3) is 0.786. The summed E-state index contributed by atoms with van der Waals surface area (Å²) in [6.45, 7) is 10.9. The van der Waals surface area contributed by atoms with Crippen LogP contribution in [0.5, 0.6) is 0 Å². The lowest BCUT2D eigenvalue weighted by Gasteiger charge is -2.26. The molecule has 1 heterocycles. The second kappa shape index (κ2) is 5.17. The fourth-order valence-electron chi connectivity index (χ4n) is 2.04. The first-order chi connectivity index (χ1) is 8.35. The van der Waals surface area contributed by atoms with E-state index in [0.29, 0.717) is 5.41 Å². The summed E-state index contributed by atoms with van der Waals surface area (Å²) in [5.74, 6) is 0. The molecule has 1 aromatic rings. The quantitative estimate of drug-likeness (QED) is 0.888. The number of aryl methyl sites for hydroxylation is 1. The predicted octanol–water partition coefficient (Wildman–Crippen LogP) is 3.19. The van der Waals surface area contributed by atoms with E-state index in [4.69, 9.17) is 4.98 Å². The SMILES string of the molecule is Cc1nc(N(C)CC(C)(C)C)sc1CNC1CC1. The lowest BCUT2D eigenvalue weighted by atomic mass is 9.96. The van der Waals surface area contributed by atoms with Gasteiger partial charge in [0.15, 0.2) is 5.13 Å². The number of hydrogen-bond donors (Lipinski definition) is 1. The second-order valence-electron chi connectivity index (χ2n) is 6.58. The van der Waals surface area contributed by atoms with Gasteiger partial charge in [-0.15, -0.1) is 11.3 Å². The minimum absolute atomic E-state index is 0.306. The molecule has 1 aliphatic carbocycles. The summed E-state index contributed by atoms with van der Waals surface area (Å²) in [6.07, 6.45) is 2.68. The van der Waals surface area contributed by atoms with E-state index in [2.05, 4.69) is 45.0 Å².